The number of ether oxygens (including phenoxy) is 1. The zero-order chi connectivity index (χ0) is 24.0. The van der Waals surface area contributed by atoms with Gasteiger partial charge in [-0.1, -0.05) is 62.4 Å². The number of aliphatic carboxylic acids is 1. The minimum atomic E-state index is -0.974. The maximum atomic E-state index is 12.9. The standard InChI is InChI=1S/C26H32N2O5/c1-17(2)12-13-23(25(31)28(3)15-14-24(29)30)27-26(32)33-16-22-20-10-6-4-8-18(20)19-9-5-7-11-21(19)22/h4-11,17,22-23H,12-16H2,1-3H3,(H,27,32)(H,29,30). The summed E-state index contributed by atoms with van der Waals surface area (Å²) >= 11 is 0. The summed E-state index contributed by atoms with van der Waals surface area (Å²) < 4.78 is 5.59. The Labute approximate surface area is 194 Å². The Morgan fingerprint density at radius 1 is 1.00 bits per heavy atom. The van der Waals surface area contributed by atoms with Crippen LogP contribution in [-0.4, -0.2) is 54.2 Å². The third-order valence-electron chi connectivity index (χ3n) is 6.00. The molecule has 0 bridgehead atoms. The van der Waals surface area contributed by atoms with Crippen LogP contribution in [0.5, 0.6) is 0 Å². The molecule has 2 aromatic carbocycles. The molecule has 1 atom stereocenters. The number of benzene rings is 2. The number of hydrogen-bond donors (Lipinski definition) is 2. The second-order valence-electron chi connectivity index (χ2n) is 8.90. The molecule has 33 heavy (non-hydrogen) atoms. The van der Waals surface area contributed by atoms with E-state index in [1.165, 1.54) is 4.90 Å². The number of nitrogens with zero attached hydrogens (tertiary/aromatic N) is 1. The van der Waals surface area contributed by atoms with Gasteiger partial charge in [0, 0.05) is 19.5 Å². The molecule has 2 N–H and O–H groups in total. The lowest BCUT2D eigenvalue weighted by Gasteiger charge is -2.25. The summed E-state index contributed by atoms with van der Waals surface area (Å²) in [6, 6.07) is 15.4. The normalized spacial score (nSPS) is 13.2. The lowest BCUT2D eigenvalue weighted by Crippen LogP contribution is -2.48. The molecule has 0 saturated heterocycles. The van der Waals surface area contributed by atoms with E-state index in [4.69, 9.17) is 9.84 Å². The number of hydrogen-bond acceptors (Lipinski definition) is 4. The lowest BCUT2D eigenvalue weighted by molar-refractivity contribution is -0.138. The first-order valence-corrected chi connectivity index (χ1v) is 11.4. The molecular formula is C26H32N2O5. The van der Waals surface area contributed by atoms with Gasteiger partial charge in [-0.2, -0.15) is 0 Å². The highest BCUT2D eigenvalue weighted by atomic mass is 16.5. The SMILES string of the molecule is CC(C)CCC(NC(=O)OCC1c2ccccc2-c2ccccc21)C(=O)N(C)CCC(=O)O. The van der Waals surface area contributed by atoms with Crippen molar-refractivity contribution in [3.8, 4) is 11.1 Å². The van der Waals surface area contributed by atoms with E-state index in [1.807, 2.05) is 50.2 Å². The first-order valence-electron chi connectivity index (χ1n) is 11.4. The van der Waals surface area contributed by atoms with Crippen LogP contribution < -0.4 is 5.32 Å². The maximum absolute atomic E-state index is 12.9. The minimum Gasteiger partial charge on any atom is -0.481 e. The summed E-state index contributed by atoms with van der Waals surface area (Å²) in [5, 5.41) is 11.6. The van der Waals surface area contributed by atoms with Crippen LogP contribution in [0.4, 0.5) is 4.79 Å². The van der Waals surface area contributed by atoms with Gasteiger partial charge in [0.2, 0.25) is 5.91 Å². The summed E-state index contributed by atoms with van der Waals surface area (Å²) in [5.74, 6) is -0.997. The molecule has 7 heteroatoms. The predicted octanol–water partition coefficient (Wildman–Crippen LogP) is 4.26. The Morgan fingerprint density at radius 2 is 1.58 bits per heavy atom. The number of alkyl carbamates (subject to hydrolysis) is 1. The highest BCUT2D eigenvalue weighted by Crippen LogP contribution is 2.44. The number of rotatable bonds is 10. The number of likely N-dealkylation sites (N-methyl/N-ethyl adjacent to an activating group) is 1. The zero-order valence-electron chi connectivity index (χ0n) is 19.4. The minimum absolute atomic E-state index is 0.0637. The molecule has 0 aliphatic heterocycles. The van der Waals surface area contributed by atoms with Gasteiger partial charge >= 0.3 is 12.1 Å². The van der Waals surface area contributed by atoms with Gasteiger partial charge < -0.3 is 20.1 Å². The second-order valence-corrected chi connectivity index (χ2v) is 8.90. The number of carbonyl (C=O) groups is 3. The highest BCUT2D eigenvalue weighted by Gasteiger charge is 2.30. The Kier molecular flexibility index (Phi) is 8.09. The lowest BCUT2D eigenvalue weighted by atomic mass is 9.98. The monoisotopic (exact) mass is 452 g/mol. The topological polar surface area (TPSA) is 95.9 Å². The fraction of sp³-hybridized carbons (Fsp3) is 0.423. The van der Waals surface area contributed by atoms with Gasteiger partial charge in [0.25, 0.3) is 0 Å². The maximum Gasteiger partial charge on any atom is 0.407 e. The molecule has 7 nitrogen and oxygen atoms in total. The van der Waals surface area contributed by atoms with Crippen molar-refractivity contribution in [3.05, 3.63) is 59.7 Å². The first-order chi connectivity index (χ1) is 15.8. The molecule has 1 unspecified atom stereocenters. The van der Waals surface area contributed by atoms with Crippen molar-refractivity contribution in [2.75, 3.05) is 20.2 Å². The molecule has 0 heterocycles. The molecule has 2 amide bonds. The van der Waals surface area contributed by atoms with Crippen LogP contribution in [0.1, 0.15) is 50.2 Å². The van der Waals surface area contributed by atoms with Crippen LogP contribution >= 0.6 is 0 Å². The van der Waals surface area contributed by atoms with Crippen LogP contribution in [-0.2, 0) is 14.3 Å². The van der Waals surface area contributed by atoms with Crippen LogP contribution in [0.25, 0.3) is 11.1 Å². The number of carbonyl (C=O) groups excluding carboxylic acids is 2. The Morgan fingerprint density at radius 3 is 2.12 bits per heavy atom. The van der Waals surface area contributed by atoms with Crippen molar-refractivity contribution in [3.63, 3.8) is 0 Å². The van der Waals surface area contributed by atoms with Crippen molar-refractivity contribution in [2.45, 2.75) is 45.1 Å². The molecule has 1 aliphatic rings. The Bertz CT molecular complexity index is 958. The van der Waals surface area contributed by atoms with Crippen LogP contribution in [0.2, 0.25) is 0 Å². The molecule has 0 radical (unpaired) electrons. The summed E-state index contributed by atoms with van der Waals surface area (Å²) in [6.07, 6.45) is 0.403. The molecule has 1 aliphatic carbocycles. The van der Waals surface area contributed by atoms with E-state index in [0.29, 0.717) is 12.3 Å². The van der Waals surface area contributed by atoms with E-state index < -0.39 is 18.1 Å². The van der Waals surface area contributed by atoms with E-state index in [-0.39, 0.29) is 31.4 Å². The van der Waals surface area contributed by atoms with Crippen molar-refractivity contribution >= 4 is 18.0 Å². The molecule has 0 saturated carbocycles. The summed E-state index contributed by atoms with van der Waals surface area (Å²) in [4.78, 5) is 37.7. The van der Waals surface area contributed by atoms with Crippen LogP contribution in [0, 0.1) is 5.92 Å². The number of carboxylic acid groups (broad SMARTS) is 1. The summed E-state index contributed by atoms with van der Waals surface area (Å²) in [5.41, 5.74) is 4.53. The largest absolute Gasteiger partial charge is 0.481 e. The van der Waals surface area contributed by atoms with Crippen molar-refractivity contribution < 1.29 is 24.2 Å². The number of amides is 2. The van der Waals surface area contributed by atoms with Gasteiger partial charge in [-0.05, 0) is 41.0 Å². The fourth-order valence-corrected chi connectivity index (χ4v) is 4.18. The summed E-state index contributed by atoms with van der Waals surface area (Å²) in [6.45, 7) is 4.34. The number of carboxylic acids is 1. The third-order valence-corrected chi connectivity index (χ3v) is 6.00. The van der Waals surface area contributed by atoms with Crippen LogP contribution in [0.15, 0.2) is 48.5 Å². The summed E-state index contributed by atoms with van der Waals surface area (Å²) in [7, 11) is 1.55. The molecule has 3 rings (SSSR count). The third kappa shape index (κ3) is 6.12. The average Bonchev–Trinajstić information content (AvgIpc) is 3.12. The molecular weight excluding hydrogens is 420 g/mol. The van der Waals surface area contributed by atoms with Gasteiger partial charge in [-0.15, -0.1) is 0 Å². The fourth-order valence-electron chi connectivity index (χ4n) is 4.18. The van der Waals surface area contributed by atoms with Crippen molar-refractivity contribution in [1.82, 2.24) is 10.2 Å². The van der Waals surface area contributed by atoms with Gasteiger partial charge in [-0.3, -0.25) is 9.59 Å². The molecule has 2 aromatic rings. The Balaban J connectivity index is 1.65. The van der Waals surface area contributed by atoms with Gasteiger partial charge in [0.15, 0.2) is 0 Å². The highest BCUT2D eigenvalue weighted by molar-refractivity contribution is 5.86. The van der Waals surface area contributed by atoms with E-state index in [2.05, 4.69) is 17.4 Å². The van der Waals surface area contributed by atoms with Crippen molar-refractivity contribution in [1.29, 1.82) is 0 Å². The second kappa shape index (κ2) is 11.0. The predicted molar refractivity (Wildman–Crippen MR) is 126 cm³/mol. The number of nitrogens with one attached hydrogen (secondary N) is 1. The van der Waals surface area contributed by atoms with E-state index in [1.54, 1.807) is 7.05 Å². The number of fused-ring (bicyclic) bond motifs is 3. The smallest absolute Gasteiger partial charge is 0.407 e. The Hall–Kier alpha value is -3.35. The van der Waals surface area contributed by atoms with Gasteiger partial charge in [0.05, 0.1) is 6.42 Å². The molecule has 176 valence electrons. The van der Waals surface area contributed by atoms with E-state index in [9.17, 15) is 14.4 Å². The van der Waals surface area contributed by atoms with Gasteiger partial charge in [0.1, 0.15) is 12.6 Å². The van der Waals surface area contributed by atoms with Gasteiger partial charge in [-0.25, -0.2) is 4.79 Å². The van der Waals surface area contributed by atoms with E-state index in [0.717, 1.165) is 28.7 Å². The molecule has 0 spiro atoms. The molecule has 0 aromatic heterocycles. The quantitative estimate of drug-likeness (QED) is 0.561. The van der Waals surface area contributed by atoms with E-state index >= 15 is 0 Å². The van der Waals surface area contributed by atoms with Crippen molar-refractivity contribution in [2.24, 2.45) is 5.92 Å². The molecule has 0 fully saturated rings. The zero-order valence-corrected chi connectivity index (χ0v) is 19.4. The first kappa shape index (κ1) is 24.3. The van der Waals surface area contributed by atoms with Crippen LogP contribution in [0.3, 0.4) is 0 Å². The average molecular weight is 453 g/mol.